The Morgan fingerprint density at radius 2 is 2.29 bits per heavy atom. The Hall–Kier alpha value is -1.60. The molecule has 1 aromatic heterocycles. The molecule has 1 aliphatic heterocycles. The van der Waals surface area contributed by atoms with Gasteiger partial charge < -0.3 is 20.5 Å². The summed E-state index contributed by atoms with van der Waals surface area (Å²) in [7, 11) is 0. The first-order valence-electron chi connectivity index (χ1n) is 6.77. The second-order valence-corrected chi connectivity index (χ2v) is 6.81. The number of nitrogens with one attached hydrogen (secondary N) is 2. The summed E-state index contributed by atoms with van der Waals surface area (Å²) in [5, 5.41) is 16.6. The lowest BCUT2D eigenvalue weighted by Crippen LogP contribution is -2.58. The minimum atomic E-state index is -1.31. The fourth-order valence-corrected chi connectivity index (χ4v) is 3.05. The van der Waals surface area contributed by atoms with Gasteiger partial charge in [0, 0.05) is 29.9 Å². The van der Waals surface area contributed by atoms with E-state index in [4.69, 9.17) is 4.74 Å². The van der Waals surface area contributed by atoms with Gasteiger partial charge in [0.2, 0.25) is 0 Å². The molecule has 2 rings (SSSR count). The quantitative estimate of drug-likeness (QED) is 0.770. The summed E-state index contributed by atoms with van der Waals surface area (Å²) < 4.78 is 5.11. The molecule has 0 radical (unpaired) electrons. The Kier molecular flexibility index (Phi) is 4.53. The number of carbonyl (C=O) groups is 2. The van der Waals surface area contributed by atoms with Crippen molar-refractivity contribution >= 4 is 23.3 Å². The van der Waals surface area contributed by atoms with Gasteiger partial charge in [-0.25, -0.2) is 9.59 Å². The Labute approximate surface area is 127 Å². The van der Waals surface area contributed by atoms with E-state index in [0.29, 0.717) is 13.2 Å². The molecule has 7 heteroatoms. The van der Waals surface area contributed by atoms with Crippen molar-refractivity contribution in [2.45, 2.75) is 31.2 Å². The van der Waals surface area contributed by atoms with Crippen LogP contribution in [0.3, 0.4) is 0 Å². The summed E-state index contributed by atoms with van der Waals surface area (Å²) in [5.41, 5.74) is -1.51. The van der Waals surface area contributed by atoms with Gasteiger partial charge in [-0.15, -0.1) is 11.3 Å². The fourth-order valence-electron chi connectivity index (χ4n) is 2.20. The first-order chi connectivity index (χ1) is 9.86. The third kappa shape index (κ3) is 3.54. The average Bonchev–Trinajstić information content (AvgIpc) is 3.08. The van der Waals surface area contributed by atoms with Gasteiger partial charge in [0.15, 0.2) is 5.54 Å². The molecule has 0 aliphatic carbocycles. The SMILES string of the molecule is CC(C)(CNC(=O)NC1(C(=O)O)CCOC1)c1cccs1. The zero-order valence-electron chi connectivity index (χ0n) is 12.1. The van der Waals surface area contributed by atoms with Crippen LogP contribution in [0.2, 0.25) is 0 Å². The number of urea groups is 1. The minimum absolute atomic E-state index is 0.00404. The van der Waals surface area contributed by atoms with Gasteiger partial charge in [-0.05, 0) is 11.4 Å². The molecule has 1 unspecified atom stereocenters. The van der Waals surface area contributed by atoms with Crippen molar-refractivity contribution in [1.82, 2.24) is 10.6 Å². The smallest absolute Gasteiger partial charge is 0.332 e. The molecular weight excluding hydrogens is 292 g/mol. The largest absolute Gasteiger partial charge is 0.479 e. The molecule has 3 N–H and O–H groups in total. The average molecular weight is 312 g/mol. The molecule has 1 fully saturated rings. The van der Waals surface area contributed by atoms with E-state index in [0.717, 1.165) is 0 Å². The van der Waals surface area contributed by atoms with Crippen molar-refractivity contribution in [3.63, 3.8) is 0 Å². The van der Waals surface area contributed by atoms with E-state index in [1.165, 1.54) is 4.88 Å². The number of hydrogen-bond donors (Lipinski definition) is 3. The highest BCUT2D eigenvalue weighted by Gasteiger charge is 2.44. The van der Waals surface area contributed by atoms with Crippen LogP contribution < -0.4 is 10.6 Å². The predicted octanol–water partition coefficient (Wildman–Crippen LogP) is 1.57. The van der Waals surface area contributed by atoms with Crippen molar-refractivity contribution < 1.29 is 19.4 Å². The number of hydrogen-bond acceptors (Lipinski definition) is 4. The zero-order chi connectivity index (χ0) is 15.5. The van der Waals surface area contributed by atoms with Crippen LogP contribution in [0.5, 0.6) is 0 Å². The Morgan fingerprint density at radius 1 is 1.52 bits per heavy atom. The highest BCUT2D eigenvalue weighted by molar-refractivity contribution is 7.10. The maximum absolute atomic E-state index is 12.0. The standard InChI is InChI=1S/C14H20N2O4S/c1-13(2,10-4-3-7-21-10)8-15-12(19)16-14(11(17)18)5-6-20-9-14/h3-4,7H,5-6,8-9H2,1-2H3,(H,17,18)(H2,15,16,19). The van der Waals surface area contributed by atoms with Crippen LogP contribution in [-0.2, 0) is 14.9 Å². The molecule has 21 heavy (non-hydrogen) atoms. The number of aliphatic carboxylic acids is 1. The molecule has 1 atom stereocenters. The van der Waals surface area contributed by atoms with E-state index in [2.05, 4.69) is 10.6 Å². The second kappa shape index (κ2) is 6.03. The van der Waals surface area contributed by atoms with E-state index in [9.17, 15) is 14.7 Å². The molecule has 1 aromatic rings. The zero-order valence-corrected chi connectivity index (χ0v) is 13.0. The molecule has 2 heterocycles. The number of thiophene rings is 1. The number of carbonyl (C=O) groups excluding carboxylic acids is 1. The second-order valence-electron chi connectivity index (χ2n) is 5.86. The lowest BCUT2D eigenvalue weighted by atomic mass is 9.91. The summed E-state index contributed by atoms with van der Waals surface area (Å²) in [6, 6.07) is 3.51. The predicted molar refractivity (Wildman–Crippen MR) is 79.7 cm³/mol. The highest BCUT2D eigenvalue weighted by atomic mass is 32.1. The summed E-state index contributed by atoms with van der Waals surface area (Å²) in [6.45, 7) is 4.84. The topological polar surface area (TPSA) is 87.7 Å². The summed E-state index contributed by atoms with van der Waals surface area (Å²) in [4.78, 5) is 24.5. The van der Waals surface area contributed by atoms with Crippen LogP contribution >= 0.6 is 11.3 Å². The third-order valence-corrected chi connectivity index (χ3v) is 4.90. The first kappa shape index (κ1) is 15.8. The Balaban J connectivity index is 1.92. The molecular formula is C14H20N2O4S. The van der Waals surface area contributed by atoms with Crippen LogP contribution in [0, 0.1) is 0 Å². The fraction of sp³-hybridized carbons (Fsp3) is 0.571. The van der Waals surface area contributed by atoms with E-state index in [1.807, 2.05) is 31.4 Å². The Bertz CT molecular complexity index is 507. The molecule has 0 saturated carbocycles. The normalized spacial score (nSPS) is 22.0. The van der Waals surface area contributed by atoms with Crippen LogP contribution in [0.4, 0.5) is 4.79 Å². The van der Waals surface area contributed by atoms with Gasteiger partial charge in [-0.2, -0.15) is 0 Å². The van der Waals surface area contributed by atoms with E-state index >= 15 is 0 Å². The number of ether oxygens (including phenoxy) is 1. The van der Waals surface area contributed by atoms with Gasteiger partial charge in [0.1, 0.15) is 0 Å². The minimum Gasteiger partial charge on any atom is -0.479 e. The molecule has 1 aliphatic rings. The number of amides is 2. The van der Waals surface area contributed by atoms with Crippen molar-refractivity contribution in [3.05, 3.63) is 22.4 Å². The van der Waals surface area contributed by atoms with Gasteiger partial charge in [0.25, 0.3) is 0 Å². The molecule has 0 spiro atoms. The van der Waals surface area contributed by atoms with E-state index in [1.54, 1.807) is 11.3 Å². The van der Waals surface area contributed by atoms with Crippen molar-refractivity contribution in [3.8, 4) is 0 Å². The third-order valence-electron chi connectivity index (χ3n) is 3.66. The van der Waals surface area contributed by atoms with Crippen molar-refractivity contribution in [2.24, 2.45) is 0 Å². The number of rotatable bonds is 5. The van der Waals surface area contributed by atoms with Crippen LogP contribution in [-0.4, -0.2) is 42.4 Å². The van der Waals surface area contributed by atoms with Gasteiger partial charge in [-0.1, -0.05) is 19.9 Å². The summed E-state index contributed by atoms with van der Waals surface area (Å²) >= 11 is 1.63. The summed E-state index contributed by atoms with van der Waals surface area (Å²) in [5.74, 6) is -1.06. The molecule has 1 saturated heterocycles. The maximum atomic E-state index is 12.0. The van der Waals surface area contributed by atoms with E-state index in [-0.39, 0.29) is 18.4 Å². The van der Waals surface area contributed by atoms with Crippen LogP contribution in [0.1, 0.15) is 25.1 Å². The van der Waals surface area contributed by atoms with Crippen LogP contribution in [0.25, 0.3) is 0 Å². The monoisotopic (exact) mass is 312 g/mol. The number of carboxylic acid groups (broad SMARTS) is 1. The van der Waals surface area contributed by atoms with Gasteiger partial charge >= 0.3 is 12.0 Å². The Morgan fingerprint density at radius 3 is 2.81 bits per heavy atom. The van der Waals surface area contributed by atoms with Crippen molar-refractivity contribution in [2.75, 3.05) is 19.8 Å². The maximum Gasteiger partial charge on any atom is 0.332 e. The van der Waals surface area contributed by atoms with Gasteiger partial charge in [0.05, 0.1) is 6.61 Å². The molecule has 6 nitrogen and oxygen atoms in total. The number of carboxylic acids is 1. The van der Waals surface area contributed by atoms with Gasteiger partial charge in [-0.3, -0.25) is 0 Å². The highest BCUT2D eigenvalue weighted by Crippen LogP contribution is 2.26. The van der Waals surface area contributed by atoms with Crippen LogP contribution in [0.15, 0.2) is 17.5 Å². The first-order valence-corrected chi connectivity index (χ1v) is 7.65. The molecule has 0 aromatic carbocycles. The lowest BCUT2D eigenvalue weighted by Gasteiger charge is -2.27. The van der Waals surface area contributed by atoms with E-state index < -0.39 is 17.5 Å². The lowest BCUT2D eigenvalue weighted by molar-refractivity contribution is -0.144. The van der Waals surface area contributed by atoms with Crippen molar-refractivity contribution in [1.29, 1.82) is 0 Å². The molecule has 116 valence electrons. The molecule has 2 amide bonds. The summed E-state index contributed by atoms with van der Waals surface area (Å²) in [6.07, 6.45) is 0.282. The molecule has 0 bridgehead atoms.